The summed E-state index contributed by atoms with van der Waals surface area (Å²) in [5.41, 5.74) is 5.80. The first-order valence-corrected chi connectivity index (χ1v) is 7.05. The molecule has 0 atom stereocenters. The summed E-state index contributed by atoms with van der Waals surface area (Å²) < 4.78 is 0. The molecule has 4 nitrogen and oxygen atoms in total. The maximum atomic E-state index is 5.45. The highest BCUT2D eigenvalue weighted by atomic mass is 15.2. The number of anilines is 2. The molecule has 20 heavy (non-hydrogen) atoms. The van der Waals surface area contributed by atoms with E-state index in [1.807, 2.05) is 18.2 Å². The van der Waals surface area contributed by atoms with Gasteiger partial charge >= 0.3 is 0 Å². The molecule has 4 heteroatoms. The third-order valence-corrected chi connectivity index (χ3v) is 3.24. The molecular weight excluding hydrogens is 248 g/mol. The number of pyridine rings is 1. The lowest BCUT2D eigenvalue weighted by Gasteiger charge is -2.24. The molecule has 0 aliphatic heterocycles. The molecule has 2 aromatic rings. The van der Waals surface area contributed by atoms with Gasteiger partial charge in [0.2, 0.25) is 0 Å². The van der Waals surface area contributed by atoms with Crippen LogP contribution in [0.3, 0.4) is 0 Å². The summed E-state index contributed by atoms with van der Waals surface area (Å²) in [5, 5.41) is 0. The molecule has 0 saturated heterocycles. The van der Waals surface area contributed by atoms with Gasteiger partial charge in [-0.2, -0.15) is 0 Å². The van der Waals surface area contributed by atoms with Gasteiger partial charge in [-0.3, -0.25) is 10.8 Å². The van der Waals surface area contributed by atoms with Crippen LogP contribution in [0.15, 0.2) is 48.7 Å². The van der Waals surface area contributed by atoms with Gasteiger partial charge in [0.1, 0.15) is 0 Å². The third kappa shape index (κ3) is 3.96. The third-order valence-electron chi connectivity index (χ3n) is 3.24. The Labute approximate surface area is 120 Å². The minimum absolute atomic E-state index is 0.791. The topological polar surface area (TPSA) is 54.2 Å². The first kappa shape index (κ1) is 14.3. The molecule has 0 aliphatic carbocycles. The lowest BCUT2D eigenvalue weighted by Crippen LogP contribution is -2.24. The van der Waals surface area contributed by atoms with Gasteiger partial charge in [-0.15, -0.1) is 0 Å². The maximum Gasteiger partial charge on any atom is 0.0617 e. The van der Waals surface area contributed by atoms with E-state index in [-0.39, 0.29) is 0 Å². The average molecular weight is 270 g/mol. The number of hydrazine groups is 1. The van der Waals surface area contributed by atoms with Crippen LogP contribution in [-0.4, -0.2) is 11.5 Å². The van der Waals surface area contributed by atoms with Crippen LogP contribution in [0.1, 0.15) is 25.5 Å². The molecule has 0 fully saturated rings. The van der Waals surface area contributed by atoms with Gasteiger partial charge in [0.25, 0.3) is 0 Å². The van der Waals surface area contributed by atoms with Crippen molar-refractivity contribution in [2.75, 3.05) is 16.9 Å². The van der Waals surface area contributed by atoms with E-state index < -0.39 is 0 Å². The molecular formula is C16H22N4. The van der Waals surface area contributed by atoms with Crippen molar-refractivity contribution >= 4 is 11.4 Å². The van der Waals surface area contributed by atoms with Gasteiger partial charge in [-0.05, 0) is 30.7 Å². The summed E-state index contributed by atoms with van der Waals surface area (Å²) in [6, 6.07) is 14.3. The van der Waals surface area contributed by atoms with Crippen LogP contribution >= 0.6 is 0 Å². The summed E-state index contributed by atoms with van der Waals surface area (Å²) in [4.78, 5) is 6.78. The van der Waals surface area contributed by atoms with E-state index >= 15 is 0 Å². The fraction of sp³-hybridized carbons (Fsp3) is 0.312. The number of nitrogens with zero attached hydrogens (tertiary/aromatic N) is 2. The molecule has 106 valence electrons. The van der Waals surface area contributed by atoms with E-state index in [9.17, 15) is 0 Å². The predicted octanol–water partition coefficient (Wildman–Crippen LogP) is 3.17. The van der Waals surface area contributed by atoms with Crippen LogP contribution < -0.4 is 16.2 Å². The molecule has 0 aliphatic rings. The Morgan fingerprint density at radius 3 is 2.70 bits per heavy atom. The van der Waals surface area contributed by atoms with E-state index in [1.165, 1.54) is 18.5 Å². The Bertz CT molecular complexity index is 513. The minimum Gasteiger partial charge on any atom is -0.366 e. The highest BCUT2D eigenvalue weighted by molar-refractivity contribution is 5.47. The number of hydrogen-bond donors (Lipinski definition) is 2. The highest BCUT2D eigenvalue weighted by Gasteiger charge is 2.07. The summed E-state index contributed by atoms with van der Waals surface area (Å²) in [6.07, 6.45) is 4.14. The molecule has 0 amide bonds. The molecule has 1 aromatic carbocycles. The quantitative estimate of drug-likeness (QED) is 0.599. The number of para-hydroxylation sites is 1. The summed E-state index contributed by atoms with van der Waals surface area (Å²) >= 11 is 0. The number of nitrogens with one attached hydrogen (secondary N) is 1. The molecule has 1 aromatic heterocycles. The predicted molar refractivity (Wildman–Crippen MR) is 84.4 cm³/mol. The normalized spacial score (nSPS) is 10.3. The maximum absolute atomic E-state index is 5.45. The van der Waals surface area contributed by atoms with Gasteiger partial charge in [-0.1, -0.05) is 31.5 Å². The number of nitrogen functional groups attached to an aromatic ring is 1. The minimum atomic E-state index is 0.791. The number of rotatable bonds is 7. The van der Waals surface area contributed by atoms with E-state index in [0.29, 0.717) is 0 Å². The second-order valence-electron chi connectivity index (χ2n) is 4.79. The zero-order valence-electron chi connectivity index (χ0n) is 11.9. The van der Waals surface area contributed by atoms with Crippen LogP contribution in [0.2, 0.25) is 0 Å². The largest absolute Gasteiger partial charge is 0.366 e. The molecule has 2 rings (SSSR count). The number of benzene rings is 1. The van der Waals surface area contributed by atoms with Crippen molar-refractivity contribution in [1.82, 2.24) is 4.98 Å². The Morgan fingerprint density at radius 1 is 1.20 bits per heavy atom. The fourth-order valence-electron chi connectivity index (χ4n) is 2.14. The van der Waals surface area contributed by atoms with Crippen molar-refractivity contribution in [3.05, 3.63) is 54.4 Å². The van der Waals surface area contributed by atoms with Crippen molar-refractivity contribution < 1.29 is 0 Å². The Morgan fingerprint density at radius 2 is 2.00 bits per heavy atom. The van der Waals surface area contributed by atoms with Crippen LogP contribution in [0.25, 0.3) is 0 Å². The molecule has 0 saturated carbocycles. The van der Waals surface area contributed by atoms with Gasteiger partial charge in [-0.25, -0.2) is 0 Å². The van der Waals surface area contributed by atoms with E-state index in [1.54, 1.807) is 6.20 Å². The van der Waals surface area contributed by atoms with E-state index in [0.717, 1.165) is 24.5 Å². The molecule has 0 bridgehead atoms. The summed E-state index contributed by atoms with van der Waals surface area (Å²) in [7, 11) is 0. The second-order valence-corrected chi connectivity index (χ2v) is 4.79. The molecule has 0 spiro atoms. The van der Waals surface area contributed by atoms with Crippen molar-refractivity contribution in [1.29, 1.82) is 0 Å². The summed E-state index contributed by atoms with van der Waals surface area (Å²) in [5.74, 6) is 5.45. The average Bonchev–Trinajstić information content (AvgIpc) is 2.52. The Kier molecular flexibility index (Phi) is 5.38. The number of hydrogen-bond acceptors (Lipinski definition) is 4. The van der Waals surface area contributed by atoms with E-state index in [2.05, 4.69) is 46.5 Å². The zero-order valence-corrected chi connectivity index (χ0v) is 11.9. The van der Waals surface area contributed by atoms with Gasteiger partial charge in [0, 0.05) is 18.4 Å². The molecule has 1 heterocycles. The zero-order chi connectivity index (χ0) is 14.2. The lowest BCUT2D eigenvalue weighted by molar-refractivity contribution is 0.708. The number of nitrogens with two attached hydrogens (primary N) is 1. The van der Waals surface area contributed by atoms with Crippen LogP contribution in [0, 0.1) is 0 Å². The highest BCUT2D eigenvalue weighted by Crippen LogP contribution is 2.18. The Balaban J connectivity index is 2.14. The van der Waals surface area contributed by atoms with Crippen molar-refractivity contribution in [2.24, 2.45) is 5.84 Å². The molecule has 0 radical (unpaired) electrons. The van der Waals surface area contributed by atoms with Gasteiger partial charge < -0.3 is 10.3 Å². The Hall–Kier alpha value is -2.07. The van der Waals surface area contributed by atoms with Crippen LogP contribution in [0.4, 0.5) is 11.4 Å². The van der Waals surface area contributed by atoms with Gasteiger partial charge in [0.15, 0.2) is 0 Å². The van der Waals surface area contributed by atoms with Crippen LogP contribution in [0.5, 0.6) is 0 Å². The first-order valence-electron chi connectivity index (χ1n) is 7.05. The standard InChI is InChI=1S/C16H22N4/c1-2-3-11-20(16-7-5-4-6-8-16)13-15-12-14(19-17)9-10-18-15/h4-10,12H,2-3,11,13,17H2,1H3,(H,18,19). The SMILES string of the molecule is CCCCN(Cc1cc(NN)ccn1)c1ccccc1. The number of unbranched alkanes of at least 4 members (excludes halogenated alkanes) is 1. The second kappa shape index (κ2) is 7.50. The first-order chi connectivity index (χ1) is 9.83. The van der Waals surface area contributed by atoms with Gasteiger partial charge in [0.05, 0.1) is 17.9 Å². The van der Waals surface area contributed by atoms with Crippen molar-refractivity contribution in [3.63, 3.8) is 0 Å². The molecule has 3 N–H and O–H groups in total. The van der Waals surface area contributed by atoms with Crippen LogP contribution in [-0.2, 0) is 6.54 Å². The van der Waals surface area contributed by atoms with Crippen molar-refractivity contribution in [2.45, 2.75) is 26.3 Å². The van der Waals surface area contributed by atoms with Crippen molar-refractivity contribution in [3.8, 4) is 0 Å². The smallest absolute Gasteiger partial charge is 0.0617 e. The lowest BCUT2D eigenvalue weighted by atomic mass is 10.2. The monoisotopic (exact) mass is 270 g/mol. The van der Waals surface area contributed by atoms with E-state index in [4.69, 9.17) is 5.84 Å². The number of aromatic nitrogens is 1. The summed E-state index contributed by atoms with van der Waals surface area (Å²) in [6.45, 7) is 4.03. The fourth-order valence-corrected chi connectivity index (χ4v) is 2.14. The molecule has 0 unspecified atom stereocenters.